The van der Waals surface area contributed by atoms with Crippen molar-refractivity contribution in [3.05, 3.63) is 83.4 Å². The van der Waals surface area contributed by atoms with Crippen LogP contribution in [0.25, 0.3) is 0 Å². The fourth-order valence-corrected chi connectivity index (χ4v) is 3.22. The largest absolute Gasteiger partial charge is 0.356 e. The van der Waals surface area contributed by atoms with Crippen LogP contribution in [0.1, 0.15) is 35.1 Å². The second-order valence-corrected chi connectivity index (χ2v) is 6.74. The van der Waals surface area contributed by atoms with Gasteiger partial charge in [-0.05, 0) is 24.5 Å². The molecule has 3 aromatic rings. The molecule has 0 unspecified atom stereocenters. The summed E-state index contributed by atoms with van der Waals surface area (Å²) in [5, 5.41) is 15.0. The zero-order valence-corrected chi connectivity index (χ0v) is 19.5. The van der Waals surface area contributed by atoms with Gasteiger partial charge in [-0.1, -0.05) is 60.7 Å². The van der Waals surface area contributed by atoms with Crippen molar-refractivity contribution in [3.8, 4) is 0 Å². The minimum absolute atomic E-state index is 0. The van der Waals surface area contributed by atoms with Gasteiger partial charge in [0.2, 0.25) is 0 Å². The van der Waals surface area contributed by atoms with Gasteiger partial charge in [-0.15, -0.1) is 34.2 Å². The second-order valence-electron chi connectivity index (χ2n) is 6.74. The quantitative estimate of drug-likeness (QED) is 0.293. The number of aryl methyl sites for hydroxylation is 1. The van der Waals surface area contributed by atoms with Crippen LogP contribution in [0.2, 0.25) is 0 Å². The Morgan fingerprint density at radius 2 is 1.55 bits per heavy atom. The molecule has 3 rings (SSSR count). The van der Waals surface area contributed by atoms with Crippen molar-refractivity contribution in [2.24, 2.45) is 12.0 Å². The van der Waals surface area contributed by atoms with E-state index >= 15 is 0 Å². The van der Waals surface area contributed by atoms with Gasteiger partial charge in [-0.2, -0.15) is 0 Å². The van der Waals surface area contributed by atoms with Crippen molar-refractivity contribution >= 4 is 29.9 Å². The Morgan fingerprint density at radius 1 is 0.966 bits per heavy atom. The second kappa shape index (κ2) is 11.5. The first kappa shape index (κ1) is 22.9. The molecule has 1 heterocycles. The summed E-state index contributed by atoms with van der Waals surface area (Å²) >= 11 is 0. The zero-order valence-electron chi connectivity index (χ0n) is 17.2. The lowest BCUT2D eigenvalue weighted by Gasteiger charge is -2.19. The summed E-state index contributed by atoms with van der Waals surface area (Å²) in [6.45, 7) is 3.33. The fourth-order valence-electron chi connectivity index (χ4n) is 3.22. The number of aromatic nitrogens is 3. The molecule has 0 aliphatic heterocycles. The highest BCUT2D eigenvalue weighted by Crippen LogP contribution is 2.27. The number of halogens is 1. The first-order chi connectivity index (χ1) is 13.7. The molecule has 0 atom stereocenters. The highest BCUT2D eigenvalue weighted by atomic mass is 127. The molecule has 1 aromatic heterocycles. The Hall–Kier alpha value is -2.42. The molecule has 7 heteroatoms. The monoisotopic (exact) mass is 504 g/mol. The van der Waals surface area contributed by atoms with Gasteiger partial charge in [-0.3, -0.25) is 4.99 Å². The molecule has 0 fully saturated rings. The maximum atomic E-state index is 4.32. The number of hydrogen-bond donors (Lipinski definition) is 2. The lowest BCUT2D eigenvalue weighted by Crippen LogP contribution is -2.38. The van der Waals surface area contributed by atoms with Crippen molar-refractivity contribution in [2.45, 2.75) is 25.8 Å². The average molecular weight is 504 g/mol. The van der Waals surface area contributed by atoms with Crippen LogP contribution in [0, 0.1) is 6.92 Å². The van der Waals surface area contributed by atoms with E-state index in [0.29, 0.717) is 12.5 Å². The average Bonchev–Trinajstić information content (AvgIpc) is 3.07. The van der Waals surface area contributed by atoms with E-state index in [1.807, 2.05) is 18.5 Å². The van der Waals surface area contributed by atoms with Gasteiger partial charge >= 0.3 is 0 Å². The summed E-state index contributed by atoms with van der Waals surface area (Å²) < 4.78 is 1.97. The molecule has 0 radical (unpaired) electrons. The van der Waals surface area contributed by atoms with E-state index in [4.69, 9.17) is 0 Å². The maximum Gasteiger partial charge on any atom is 0.191 e. The molecule has 29 heavy (non-hydrogen) atoms. The third-order valence-electron chi connectivity index (χ3n) is 4.95. The molecule has 0 amide bonds. The summed E-state index contributed by atoms with van der Waals surface area (Å²) in [7, 11) is 3.75. The Kier molecular flexibility index (Phi) is 9.11. The molecule has 0 aliphatic carbocycles. The van der Waals surface area contributed by atoms with Gasteiger partial charge in [0.05, 0.1) is 6.54 Å². The Morgan fingerprint density at radius 3 is 2.03 bits per heavy atom. The first-order valence-electron chi connectivity index (χ1n) is 9.58. The van der Waals surface area contributed by atoms with E-state index < -0.39 is 0 Å². The molecule has 2 aromatic carbocycles. The van der Waals surface area contributed by atoms with Gasteiger partial charge in [0.25, 0.3) is 0 Å². The van der Waals surface area contributed by atoms with Crippen molar-refractivity contribution < 1.29 is 0 Å². The first-order valence-corrected chi connectivity index (χ1v) is 9.58. The van der Waals surface area contributed by atoms with Gasteiger partial charge in [0.1, 0.15) is 5.82 Å². The molecule has 0 aliphatic rings. The van der Waals surface area contributed by atoms with E-state index in [2.05, 4.69) is 86.5 Å². The number of aliphatic imine (C=N–C) groups is 1. The van der Waals surface area contributed by atoms with Crippen LogP contribution in [-0.2, 0) is 13.6 Å². The molecule has 2 N–H and O–H groups in total. The lowest BCUT2D eigenvalue weighted by molar-refractivity contribution is 0.669. The van der Waals surface area contributed by atoms with Crippen LogP contribution in [-0.4, -0.2) is 34.3 Å². The van der Waals surface area contributed by atoms with Gasteiger partial charge in [-0.25, -0.2) is 0 Å². The highest BCUT2D eigenvalue weighted by molar-refractivity contribution is 14.0. The van der Waals surface area contributed by atoms with E-state index in [0.717, 1.165) is 30.6 Å². The summed E-state index contributed by atoms with van der Waals surface area (Å²) in [6.07, 6.45) is 0.970. The number of hydrogen-bond acceptors (Lipinski definition) is 3. The Labute approximate surface area is 189 Å². The molecular weight excluding hydrogens is 475 g/mol. The summed E-state index contributed by atoms with van der Waals surface area (Å²) in [4.78, 5) is 4.32. The topological polar surface area (TPSA) is 67.1 Å². The van der Waals surface area contributed by atoms with Crippen LogP contribution in [0.4, 0.5) is 0 Å². The number of guanidine groups is 1. The van der Waals surface area contributed by atoms with Crippen LogP contribution < -0.4 is 10.6 Å². The SMILES string of the molecule is CN=C(NCCC(c1ccccc1)c1ccccc1)NCc1nnc(C)n1C.I. The van der Waals surface area contributed by atoms with Crippen LogP contribution in [0.3, 0.4) is 0 Å². The van der Waals surface area contributed by atoms with Crippen molar-refractivity contribution in [1.82, 2.24) is 25.4 Å². The molecule has 154 valence electrons. The van der Waals surface area contributed by atoms with Crippen LogP contribution in [0.15, 0.2) is 65.7 Å². The predicted octanol–water partition coefficient (Wildman–Crippen LogP) is 3.63. The minimum atomic E-state index is 0. The van der Waals surface area contributed by atoms with Crippen LogP contribution in [0.5, 0.6) is 0 Å². The predicted molar refractivity (Wildman–Crippen MR) is 129 cm³/mol. The molecule has 0 spiro atoms. The molecule has 6 nitrogen and oxygen atoms in total. The number of nitrogens with zero attached hydrogens (tertiary/aromatic N) is 4. The normalized spacial score (nSPS) is 11.2. The lowest BCUT2D eigenvalue weighted by atomic mass is 9.88. The minimum Gasteiger partial charge on any atom is -0.356 e. The summed E-state index contributed by atoms with van der Waals surface area (Å²) in [5.41, 5.74) is 2.65. The molecular formula is C22H29IN6. The highest BCUT2D eigenvalue weighted by Gasteiger charge is 2.14. The number of benzene rings is 2. The summed E-state index contributed by atoms with van der Waals surface area (Å²) in [6, 6.07) is 21.3. The van der Waals surface area contributed by atoms with Crippen LogP contribution >= 0.6 is 24.0 Å². The molecule has 0 bridgehead atoms. The number of rotatable bonds is 7. The standard InChI is InChI=1S/C22H28N6.HI/c1-17-26-27-21(28(17)3)16-25-22(23-2)24-15-14-20(18-10-6-4-7-11-18)19-12-8-5-9-13-19;/h4-13,20H,14-16H2,1-3H3,(H2,23,24,25);1H. The van der Waals surface area contributed by atoms with Gasteiger partial charge in [0.15, 0.2) is 11.8 Å². The van der Waals surface area contributed by atoms with Crippen molar-refractivity contribution in [1.29, 1.82) is 0 Å². The van der Waals surface area contributed by atoms with Crippen molar-refractivity contribution in [3.63, 3.8) is 0 Å². The molecule has 0 saturated carbocycles. The third-order valence-corrected chi connectivity index (χ3v) is 4.95. The van der Waals surface area contributed by atoms with E-state index in [-0.39, 0.29) is 24.0 Å². The fraction of sp³-hybridized carbons (Fsp3) is 0.318. The van der Waals surface area contributed by atoms with Crippen molar-refractivity contribution in [2.75, 3.05) is 13.6 Å². The van der Waals surface area contributed by atoms with Gasteiger partial charge < -0.3 is 15.2 Å². The third kappa shape index (κ3) is 6.28. The van der Waals surface area contributed by atoms with E-state index in [1.165, 1.54) is 11.1 Å². The zero-order chi connectivity index (χ0) is 19.8. The van der Waals surface area contributed by atoms with E-state index in [9.17, 15) is 0 Å². The number of nitrogens with one attached hydrogen (secondary N) is 2. The Bertz CT molecular complexity index is 853. The molecule has 0 saturated heterocycles. The summed E-state index contributed by atoms with van der Waals surface area (Å²) in [5.74, 6) is 2.88. The Balaban J connectivity index is 0.00000300. The smallest absolute Gasteiger partial charge is 0.191 e. The van der Waals surface area contributed by atoms with Gasteiger partial charge in [0, 0.05) is 26.6 Å². The van der Waals surface area contributed by atoms with E-state index in [1.54, 1.807) is 7.05 Å². The maximum absolute atomic E-state index is 4.32.